The predicted octanol–water partition coefficient (Wildman–Crippen LogP) is 2.46. The summed E-state index contributed by atoms with van der Waals surface area (Å²) in [5.41, 5.74) is 1.14. The van der Waals surface area contributed by atoms with Crippen LogP contribution in [0.1, 0.15) is 25.3 Å². The average Bonchev–Trinajstić information content (AvgIpc) is 2.38. The second-order valence-corrected chi connectivity index (χ2v) is 5.86. The second-order valence-electron chi connectivity index (χ2n) is 4.38. The molecule has 1 N–H and O–H groups in total. The molecule has 94 valence electrons. The zero-order chi connectivity index (χ0) is 12.1. The summed E-state index contributed by atoms with van der Waals surface area (Å²) in [6, 6.07) is 4.64. The van der Waals surface area contributed by atoms with Crippen LogP contribution in [0.5, 0.6) is 5.88 Å². The molecule has 2 rings (SSSR count). The van der Waals surface area contributed by atoms with Gasteiger partial charge in [0.15, 0.2) is 0 Å². The van der Waals surface area contributed by atoms with Gasteiger partial charge >= 0.3 is 0 Å². The molecule has 0 radical (unpaired) electrons. The number of methoxy groups -OCH3 is 1. The number of rotatable bonds is 4. The largest absolute Gasteiger partial charge is 0.481 e. The molecule has 1 aliphatic heterocycles. The summed E-state index contributed by atoms with van der Waals surface area (Å²) in [5.74, 6) is 2.03. The molecule has 1 fully saturated rings. The smallest absolute Gasteiger partial charge is 0.217 e. The van der Waals surface area contributed by atoms with Crippen molar-refractivity contribution in [2.45, 2.75) is 37.6 Å². The lowest BCUT2D eigenvalue weighted by Gasteiger charge is -2.29. The van der Waals surface area contributed by atoms with Crippen LogP contribution in [0.15, 0.2) is 18.3 Å². The molecule has 0 bridgehead atoms. The first-order chi connectivity index (χ1) is 8.31. The van der Waals surface area contributed by atoms with E-state index in [0.717, 1.165) is 18.0 Å². The van der Waals surface area contributed by atoms with Crippen molar-refractivity contribution in [2.75, 3.05) is 12.9 Å². The molecule has 2 atom stereocenters. The van der Waals surface area contributed by atoms with Gasteiger partial charge in [-0.2, -0.15) is 11.8 Å². The number of hydrogen-bond acceptors (Lipinski definition) is 4. The van der Waals surface area contributed by atoms with Crippen LogP contribution in [0.4, 0.5) is 0 Å². The summed E-state index contributed by atoms with van der Waals surface area (Å²) >= 11 is 2.06. The first-order valence-electron chi connectivity index (χ1n) is 6.14. The lowest BCUT2D eigenvalue weighted by atomic mass is 10.1. The summed E-state index contributed by atoms with van der Waals surface area (Å²) < 4.78 is 5.26. The maximum absolute atomic E-state index is 5.26. The van der Waals surface area contributed by atoms with Crippen molar-refractivity contribution >= 4 is 11.8 Å². The Morgan fingerprint density at radius 3 is 3.24 bits per heavy atom. The fraction of sp³-hybridized carbons (Fsp3) is 0.615. The predicted molar refractivity (Wildman–Crippen MR) is 72.6 cm³/mol. The van der Waals surface area contributed by atoms with E-state index < -0.39 is 0 Å². The van der Waals surface area contributed by atoms with Crippen LogP contribution in [0.3, 0.4) is 0 Å². The first kappa shape index (κ1) is 12.7. The number of hydrogen-bond donors (Lipinski definition) is 1. The molecule has 2 unspecified atom stereocenters. The first-order valence-corrected chi connectivity index (χ1v) is 7.19. The van der Waals surface area contributed by atoms with Crippen molar-refractivity contribution in [1.29, 1.82) is 0 Å². The molecular formula is C13H20N2OS. The molecule has 0 aromatic carbocycles. The minimum absolute atomic E-state index is 0.610. The van der Waals surface area contributed by atoms with Gasteiger partial charge in [0.05, 0.1) is 7.11 Å². The molecule has 1 aliphatic rings. The van der Waals surface area contributed by atoms with Gasteiger partial charge in [0.2, 0.25) is 5.88 Å². The van der Waals surface area contributed by atoms with E-state index in [1.165, 1.54) is 18.6 Å². The Bertz CT molecular complexity index is 359. The third-order valence-corrected chi connectivity index (χ3v) is 4.58. The van der Waals surface area contributed by atoms with Crippen LogP contribution in [-0.4, -0.2) is 29.1 Å². The monoisotopic (exact) mass is 252 g/mol. The number of thioether (sulfide) groups is 1. The van der Waals surface area contributed by atoms with Gasteiger partial charge in [-0.15, -0.1) is 0 Å². The maximum atomic E-state index is 5.26. The lowest BCUT2D eigenvalue weighted by molar-refractivity contribution is 0.385. The van der Waals surface area contributed by atoms with E-state index in [0.29, 0.717) is 11.3 Å². The molecular weight excluding hydrogens is 232 g/mol. The zero-order valence-electron chi connectivity index (χ0n) is 10.5. The summed E-state index contributed by atoms with van der Waals surface area (Å²) in [4.78, 5) is 4.21. The molecule has 0 spiro atoms. The molecule has 1 aromatic heterocycles. The van der Waals surface area contributed by atoms with Gasteiger partial charge < -0.3 is 10.1 Å². The van der Waals surface area contributed by atoms with Crippen molar-refractivity contribution < 1.29 is 4.74 Å². The fourth-order valence-electron chi connectivity index (χ4n) is 2.17. The summed E-state index contributed by atoms with van der Waals surface area (Å²) in [6.07, 6.45) is 4.36. The number of ether oxygens (including phenoxy) is 1. The summed E-state index contributed by atoms with van der Waals surface area (Å²) in [5, 5.41) is 4.32. The van der Waals surface area contributed by atoms with E-state index in [1.807, 2.05) is 6.07 Å². The van der Waals surface area contributed by atoms with E-state index in [-0.39, 0.29) is 0 Å². The highest BCUT2D eigenvalue weighted by Gasteiger charge is 2.21. The van der Waals surface area contributed by atoms with Gasteiger partial charge in [-0.05, 0) is 24.7 Å². The number of nitrogens with one attached hydrogen (secondary N) is 1. The van der Waals surface area contributed by atoms with Crippen LogP contribution < -0.4 is 10.1 Å². The highest BCUT2D eigenvalue weighted by Crippen LogP contribution is 2.25. The lowest BCUT2D eigenvalue weighted by Crippen LogP contribution is -2.38. The van der Waals surface area contributed by atoms with Gasteiger partial charge in [0, 0.05) is 29.6 Å². The van der Waals surface area contributed by atoms with Crippen LogP contribution in [0.25, 0.3) is 0 Å². The van der Waals surface area contributed by atoms with E-state index in [4.69, 9.17) is 4.74 Å². The van der Waals surface area contributed by atoms with Crippen molar-refractivity contribution in [3.05, 3.63) is 23.9 Å². The van der Waals surface area contributed by atoms with Gasteiger partial charge in [-0.25, -0.2) is 4.98 Å². The topological polar surface area (TPSA) is 34.1 Å². The molecule has 0 saturated carbocycles. The van der Waals surface area contributed by atoms with Crippen molar-refractivity contribution in [3.63, 3.8) is 0 Å². The minimum Gasteiger partial charge on any atom is -0.481 e. The van der Waals surface area contributed by atoms with Crippen molar-refractivity contribution in [1.82, 2.24) is 10.3 Å². The highest BCUT2D eigenvalue weighted by molar-refractivity contribution is 7.99. The summed E-state index contributed by atoms with van der Waals surface area (Å²) in [7, 11) is 1.67. The van der Waals surface area contributed by atoms with Crippen LogP contribution in [-0.2, 0) is 6.54 Å². The molecule has 17 heavy (non-hydrogen) atoms. The molecule has 4 heteroatoms. The van der Waals surface area contributed by atoms with Crippen LogP contribution >= 0.6 is 11.8 Å². The van der Waals surface area contributed by atoms with Crippen LogP contribution in [0, 0.1) is 0 Å². The van der Waals surface area contributed by atoms with Gasteiger partial charge in [-0.3, -0.25) is 0 Å². The van der Waals surface area contributed by atoms with Crippen molar-refractivity contribution in [3.8, 4) is 5.88 Å². The van der Waals surface area contributed by atoms with E-state index in [9.17, 15) is 0 Å². The third-order valence-electron chi connectivity index (χ3n) is 3.20. The second kappa shape index (κ2) is 6.26. The Morgan fingerprint density at radius 1 is 1.59 bits per heavy atom. The third kappa shape index (κ3) is 3.36. The Labute approximate surface area is 107 Å². The van der Waals surface area contributed by atoms with Gasteiger partial charge in [0.25, 0.3) is 0 Å². The molecule has 3 nitrogen and oxygen atoms in total. The molecule has 1 saturated heterocycles. The highest BCUT2D eigenvalue weighted by atomic mass is 32.2. The number of nitrogens with zero attached hydrogens (tertiary/aromatic N) is 1. The molecule has 0 aliphatic carbocycles. The molecule has 0 amide bonds. The van der Waals surface area contributed by atoms with E-state index in [2.05, 4.69) is 35.1 Å². The van der Waals surface area contributed by atoms with Gasteiger partial charge in [-0.1, -0.05) is 13.0 Å². The Balaban J connectivity index is 1.92. The van der Waals surface area contributed by atoms with Crippen LogP contribution in [0.2, 0.25) is 0 Å². The van der Waals surface area contributed by atoms with Crippen molar-refractivity contribution in [2.24, 2.45) is 0 Å². The Kier molecular flexibility index (Phi) is 4.68. The van der Waals surface area contributed by atoms with E-state index in [1.54, 1.807) is 13.3 Å². The standard InChI is InChI=1S/C13H20N2OS/c1-10-12(6-4-8-17-10)15-9-11-5-3-7-14-13(11)16-2/h3,5,7,10,12,15H,4,6,8-9H2,1-2H3. The van der Waals surface area contributed by atoms with Gasteiger partial charge in [0.1, 0.15) is 0 Å². The fourth-order valence-corrected chi connectivity index (χ4v) is 3.34. The molecule has 1 aromatic rings. The SMILES string of the molecule is COc1ncccc1CNC1CCCSC1C. The zero-order valence-corrected chi connectivity index (χ0v) is 11.3. The quantitative estimate of drug-likeness (QED) is 0.892. The minimum atomic E-state index is 0.610. The molecule has 2 heterocycles. The maximum Gasteiger partial charge on any atom is 0.217 e. The van der Waals surface area contributed by atoms with E-state index >= 15 is 0 Å². The number of aromatic nitrogens is 1. The average molecular weight is 252 g/mol. The summed E-state index contributed by atoms with van der Waals surface area (Å²) in [6.45, 7) is 3.15. The Hall–Kier alpha value is -0.740. The number of pyridine rings is 1. The Morgan fingerprint density at radius 2 is 2.47 bits per heavy atom. The normalized spacial score (nSPS) is 24.6.